The summed E-state index contributed by atoms with van der Waals surface area (Å²) < 4.78 is 5.50. The summed E-state index contributed by atoms with van der Waals surface area (Å²) in [5, 5.41) is 10.7. The Bertz CT molecular complexity index is 976. The van der Waals surface area contributed by atoms with Crippen molar-refractivity contribution in [1.29, 1.82) is 0 Å². The van der Waals surface area contributed by atoms with E-state index in [9.17, 15) is 9.59 Å². The van der Waals surface area contributed by atoms with Crippen LogP contribution in [-0.4, -0.2) is 56.5 Å². The maximum Gasteiger partial charge on any atom is 0.254 e. The molecule has 1 aliphatic rings. The van der Waals surface area contributed by atoms with Gasteiger partial charge in [0.25, 0.3) is 5.91 Å². The number of carbonyl (C=O) groups is 2. The number of rotatable bonds is 3. The third kappa shape index (κ3) is 4.88. The number of aromatic nitrogens is 4. The SMILES string of the molecule is O=C1CCN(C(=O)c2ccsc2)CCCC(c2nc(-c3cnccn3)no2)CCN1. The van der Waals surface area contributed by atoms with Crippen molar-refractivity contribution in [3.8, 4) is 11.5 Å². The first-order valence-electron chi connectivity index (χ1n) is 9.89. The van der Waals surface area contributed by atoms with Gasteiger partial charge in [-0.05, 0) is 30.7 Å². The zero-order chi connectivity index (χ0) is 20.8. The molecule has 3 aromatic rings. The molecule has 4 heterocycles. The van der Waals surface area contributed by atoms with Crippen LogP contribution in [0.25, 0.3) is 11.5 Å². The van der Waals surface area contributed by atoms with Crippen LogP contribution >= 0.6 is 11.3 Å². The van der Waals surface area contributed by atoms with E-state index in [0.717, 1.165) is 12.8 Å². The number of hydrogen-bond acceptors (Lipinski definition) is 8. The smallest absolute Gasteiger partial charge is 0.254 e. The molecule has 10 heteroatoms. The Morgan fingerprint density at radius 2 is 2.20 bits per heavy atom. The van der Waals surface area contributed by atoms with Crippen molar-refractivity contribution in [2.24, 2.45) is 0 Å². The van der Waals surface area contributed by atoms with E-state index in [2.05, 4.69) is 25.4 Å². The predicted molar refractivity (Wildman–Crippen MR) is 110 cm³/mol. The molecule has 1 aliphatic heterocycles. The average Bonchev–Trinajstić information content (AvgIpc) is 3.46. The molecule has 0 aliphatic carbocycles. The summed E-state index contributed by atoms with van der Waals surface area (Å²) in [6, 6.07) is 1.81. The zero-order valence-corrected chi connectivity index (χ0v) is 17.2. The lowest BCUT2D eigenvalue weighted by molar-refractivity contribution is -0.121. The van der Waals surface area contributed by atoms with Crippen molar-refractivity contribution < 1.29 is 14.1 Å². The number of amides is 2. The van der Waals surface area contributed by atoms with Gasteiger partial charge in [0.05, 0.1) is 11.8 Å². The molecule has 9 nitrogen and oxygen atoms in total. The minimum Gasteiger partial charge on any atom is -0.356 e. The van der Waals surface area contributed by atoms with E-state index >= 15 is 0 Å². The molecule has 4 rings (SSSR count). The first-order valence-corrected chi connectivity index (χ1v) is 10.8. The number of thiophene rings is 1. The van der Waals surface area contributed by atoms with Gasteiger partial charge in [-0.15, -0.1) is 0 Å². The molecule has 1 unspecified atom stereocenters. The molecule has 1 saturated heterocycles. The van der Waals surface area contributed by atoms with Crippen LogP contribution in [0.3, 0.4) is 0 Å². The summed E-state index contributed by atoms with van der Waals surface area (Å²) >= 11 is 1.49. The topological polar surface area (TPSA) is 114 Å². The van der Waals surface area contributed by atoms with Crippen molar-refractivity contribution >= 4 is 23.2 Å². The third-order valence-corrected chi connectivity index (χ3v) is 5.73. The second-order valence-electron chi connectivity index (χ2n) is 7.08. The van der Waals surface area contributed by atoms with Crippen molar-refractivity contribution in [3.63, 3.8) is 0 Å². The highest BCUT2D eigenvalue weighted by molar-refractivity contribution is 7.08. The molecule has 2 amide bonds. The van der Waals surface area contributed by atoms with Gasteiger partial charge in [0.15, 0.2) is 0 Å². The van der Waals surface area contributed by atoms with Gasteiger partial charge in [-0.25, -0.2) is 4.98 Å². The fourth-order valence-electron chi connectivity index (χ4n) is 3.43. The molecule has 0 spiro atoms. The molecule has 1 N–H and O–H groups in total. The Kier molecular flexibility index (Phi) is 6.43. The second kappa shape index (κ2) is 9.57. The fraction of sp³-hybridized carbons (Fsp3) is 0.400. The molecule has 1 fully saturated rings. The van der Waals surface area contributed by atoms with E-state index in [4.69, 9.17) is 4.52 Å². The lowest BCUT2D eigenvalue weighted by Crippen LogP contribution is -2.35. The fourth-order valence-corrected chi connectivity index (χ4v) is 4.06. The van der Waals surface area contributed by atoms with Crippen molar-refractivity contribution in [1.82, 2.24) is 30.3 Å². The third-order valence-electron chi connectivity index (χ3n) is 5.04. The van der Waals surface area contributed by atoms with E-state index in [0.29, 0.717) is 49.0 Å². The van der Waals surface area contributed by atoms with E-state index in [1.807, 2.05) is 16.8 Å². The first kappa shape index (κ1) is 20.1. The van der Waals surface area contributed by atoms with Crippen LogP contribution < -0.4 is 5.32 Å². The van der Waals surface area contributed by atoms with E-state index in [-0.39, 0.29) is 24.2 Å². The van der Waals surface area contributed by atoms with Crippen LogP contribution in [-0.2, 0) is 4.79 Å². The van der Waals surface area contributed by atoms with Crippen LogP contribution in [0.15, 0.2) is 39.9 Å². The van der Waals surface area contributed by atoms with Gasteiger partial charge in [0.2, 0.25) is 17.6 Å². The Morgan fingerprint density at radius 1 is 1.27 bits per heavy atom. The number of nitrogens with zero attached hydrogens (tertiary/aromatic N) is 5. The molecule has 1 atom stereocenters. The number of nitrogens with one attached hydrogen (secondary N) is 1. The Morgan fingerprint density at radius 3 is 3.00 bits per heavy atom. The highest BCUT2D eigenvalue weighted by Crippen LogP contribution is 2.26. The van der Waals surface area contributed by atoms with Gasteiger partial charge in [0.1, 0.15) is 5.69 Å². The molecule has 30 heavy (non-hydrogen) atoms. The summed E-state index contributed by atoms with van der Waals surface area (Å²) in [5.41, 5.74) is 1.21. The summed E-state index contributed by atoms with van der Waals surface area (Å²) in [4.78, 5) is 39.4. The highest BCUT2D eigenvalue weighted by Gasteiger charge is 2.23. The van der Waals surface area contributed by atoms with Crippen molar-refractivity contribution in [2.75, 3.05) is 19.6 Å². The predicted octanol–water partition coefficient (Wildman–Crippen LogP) is 2.50. The Balaban J connectivity index is 1.47. The molecule has 156 valence electrons. The van der Waals surface area contributed by atoms with Gasteiger partial charge in [-0.2, -0.15) is 16.3 Å². The quantitative estimate of drug-likeness (QED) is 0.684. The molecular formula is C20H22N6O3S. The molecule has 0 saturated carbocycles. The average molecular weight is 427 g/mol. The standard InChI is InChI=1S/C20H22N6O3S/c27-17-4-10-26(20(28)15-5-11-30-13-15)9-1-2-14(3-6-23-17)19-24-18(25-29-19)16-12-21-7-8-22-16/h5,7-8,11-14H,1-4,6,9-10H2,(H,23,27). The van der Waals surface area contributed by atoms with Gasteiger partial charge in [0, 0.05) is 49.7 Å². The number of carbonyl (C=O) groups excluding carboxylic acids is 2. The largest absolute Gasteiger partial charge is 0.356 e. The zero-order valence-electron chi connectivity index (χ0n) is 16.4. The van der Waals surface area contributed by atoms with Gasteiger partial charge in [-0.1, -0.05) is 5.16 Å². The second-order valence-corrected chi connectivity index (χ2v) is 7.86. The van der Waals surface area contributed by atoms with E-state index < -0.39 is 0 Å². The lowest BCUT2D eigenvalue weighted by Gasteiger charge is -2.22. The normalized spacial score (nSPS) is 18.5. The van der Waals surface area contributed by atoms with Crippen molar-refractivity contribution in [3.05, 3.63) is 46.9 Å². The summed E-state index contributed by atoms with van der Waals surface area (Å²) in [7, 11) is 0. The van der Waals surface area contributed by atoms with Gasteiger partial charge in [-0.3, -0.25) is 14.6 Å². The molecule has 0 radical (unpaired) electrons. The Labute approximate surface area is 177 Å². The molecule has 0 bridgehead atoms. The highest BCUT2D eigenvalue weighted by atomic mass is 32.1. The number of hydrogen-bond donors (Lipinski definition) is 1. The maximum atomic E-state index is 12.8. The molecular weight excluding hydrogens is 404 g/mol. The minimum atomic E-state index is -0.0652. The molecule has 3 aromatic heterocycles. The van der Waals surface area contributed by atoms with Crippen LogP contribution in [0.4, 0.5) is 0 Å². The van der Waals surface area contributed by atoms with E-state index in [1.54, 1.807) is 23.5 Å². The maximum absolute atomic E-state index is 12.8. The van der Waals surface area contributed by atoms with Crippen LogP contribution in [0, 0.1) is 0 Å². The monoisotopic (exact) mass is 426 g/mol. The van der Waals surface area contributed by atoms with Crippen molar-refractivity contribution in [2.45, 2.75) is 31.6 Å². The summed E-state index contributed by atoms with van der Waals surface area (Å²) in [6.45, 7) is 1.50. The van der Waals surface area contributed by atoms with Crippen LogP contribution in [0.1, 0.15) is 47.8 Å². The lowest BCUT2D eigenvalue weighted by atomic mass is 9.99. The van der Waals surface area contributed by atoms with Gasteiger partial charge < -0.3 is 14.7 Å². The van der Waals surface area contributed by atoms with Gasteiger partial charge >= 0.3 is 0 Å². The molecule has 0 aromatic carbocycles. The summed E-state index contributed by atoms with van der Waals surface area (Å²) in [5.74, 6) is 0.789. The van der Waals surface area contributed by atoms with Crippen LogP contribution in [0.2, 0.25) is 0 Å². The Hall–Kier alpha value is -3.14. The van der Waals surface area contributed by atoms with E-state index in [1.165, 1.54) is 11.3 Å². The summed E-state index contributed by atoms with van der Waals surface area (Å²) in [6.07, 6.45) is 7.26. The van der Waals surface area contributed by atoms with Crippen LogP contribution in [0.5, 0.6) is 0 Å². The minimum absolute atomic E-state index is 0.0144. The first-order chi connectivity index (χ1) is 14.7.